The van der Waals surface area contributed by atoms with Crippen molar-refractivity contribution < 1.29 is 19.1 Å². The van der Waals surface area contributed by atoms with E-state index in [4.69, 9.17) is 33.3 Å². The molecule has 9 heteroatoms. The molecule has 1 fully saturated rings. The number of nitrogens with zero attached hydrogens (tertiary/aromatic N) is 1. The lowest BCUT2D eigenvalue weighted by Gasteiger charge is -2.29. The summed E-state index contributed by atoms with van der Waals surface area (Å²) in [6.45, 7) is 0. The Kier molecular flexibility index (Phi) is 6.02. The lowest BCUT2D eigenvalue weighted by Crippen LogP contribution is -2.54. The van der Waals surface area contributed by atoms with Crippen LogP contribution in [0.25, 0.3) is 6.08 Å². The van der Waals surface area contributed by atoms with Crippen LogP contribution >= 0.6 is 39.7 Å². The van der Waals surface area contributed by atoms with Gasteiger partial charge >= 0.3 is 0 Å². The first kappa shape index (κ1) is 20.3. The molecule has 0 bridgehead atoms. The molecule has 0 unspecified atom stereocenters. The highest BCUT2D eigenvalue weighted by Gasteiger charge is 2.34. The second-order valence-electron chi connectivity index (χ2n) is 5.66. The quantitative estimate of drug-likeness (QED) is 0.407. The molecule has 0 spiro atoms. The summed E-state index contributed by atoms with van der Waals surface area (Å²) < 4.78 is 11.4. The van der Waals surface area contributed by atoms with Gasteiger partial charge in [0.25, 0.3) is 11.8 Å². The molecule has 1 N–H and O–H groups in total. The minimum absolute atomic E-state index is 0.00624. The molecule has 2 aromatic carbocycles. The standard InChI is InChI=1S/C19H14BrClN2O4S/c1-26-15-9-11(20)7-10(16(15)27-2)8-14-17(24)22-19(28)23(18(14)25)13-5-3-12(21)4-6-13/h3-9H,1-2H3,(H,22,24,28). The van der Waals surface area contributed by atoms with Crippen LogP contribution in [-0.4, -0.2) is 31.1 Å². The number of benzene rings is 2. The van der Waals surface area contributed by atoms with Crippen LogP contribution in [0.5, 0.6) is 11.5 Å². The molecular formula is C19H14BrClN2O4S. The fraction of sp³-hybridized carbons (Fsp3) is 0.105. The van der Waals surface area contributed by atoms with Gasteiger partial charge in [-0.15, -0.1) is 0 Å². The van der Waals surface area contributed by atoms with Gasteiger partial charge < -0.3 is 9.47 Å². The van der Waals surface area contributed by atoms with Gasteiger partial charge in [0.1, 0.15) is 5.57 Å². The predicted molar refractivity (Wildman–Crippen MR) is 115 cm³/mol. The van der Waals surface area contributed by atoms with E-state index in [9.17, 15) is 9.59 Å². The van der Waals surface area contributed by atoms with Crippen LogP contribution in [0.15, 0.2) is 46.4 Å². The molecule has 1 aliphatic rings. The van der Waals surface area contributed by atoms with E-state index >= 15 is 0 Å². The van der Waals surface area contributed by atoms with Crippen molar-refractivity contribution in [2.75, 3.05) is 19.1 Å². The first-order chi connectivity index (χ1) is 13.3. The summed E-state index contributed by atoms with van der Waals surface area (Å²) in [6.07, 6.45) is 1.44. The van der Waals surface area contributed by atoms with E-state index in [0.717, 1.165) is 0 Å². The van der Waals surface area contributed by atoms with Crippen molar-refractivity contribution in [3.8, 4) is 11.5 Å². The Bertz CT molecular complexity index is 1010. The van der Waals surface area contributed by atoms with E-state index in [1.165, 1.54) is 25.2 Å². The number of nitrogens with one attached hydrogen (secondary N) is 1. The van der Waals surface area contributed by atoms with E-state index in [1.54, 1.807) is 36.4 Å². The third-order valence-corrected chi connectivity index (χ3v) is 4.95. The molecule has 0 saturated carbocycles. The molecule has 6 nitrogen and oxygen atoms in total. The van der Waals surface area contributed by atoms with Gasteiger partial charge in [0, 0.05) is 15.1 Å². The first-order valence-corrected chi connectivity index (χ1v) is 9.52. The average Bonchev–Trinajstić information content (AvgIpc) is 2.66. The van der Waals surface area contributed by atoms with Crippen LogP contribution in [0, 0.1) is 0 Å². The maximum absolute atomic E-state index is 13.1. The van der Waals surface area contributed by atoms with Crippen LogP contribution < -0.4 is 19.7 Å². The summed E-state index contributed by atoms with van der Waals surface area (Å²) in [5.74, 6) is -0.305. The van der Waals surface area contributed by atoms with E-state index in [-0.39, 0.29) is 10.7 Å². The average molecular weight is 482 g/mol. The van der Waals surface area contributed by atoms with E-state index < -0.39 is 11.8 Å². The molecule has 2 aromatic rings. The topological polar surface area (TPSA) is 67.9 Å². The Morgan fingerprint density at radius 2 is 1.82 bits per heavy atom. The fourth-order valence-corrected chi connectivity index (χ4v) is 3.57. The van der Waals surface area contributed by atoms with Crippen LogP contribution in [0.1, 0.15) is 5.56 Å². The lowest BCUT2D eigenvalue weighted by atomic mass is 10.1. The highest BCUT2D eigenvalue weighted by atomic mass is 79.9. The summed E-state index contributed by atoms with van der Waals surface area (Å²) in [7, 11) is 2.98. The maximum atomic E-state index is 13.1. The zero-order chi connectivity index (χ0) is 20.4. The highest BCUT2D eigenvalue weighted by Crippen LogP contribution is 2.36. The Labute approximate surface area is 180 Å². The summed E-state index contributed by atoms with van der Waals surface area (Å²) >= 11 is 14.5. The normalized spacial score (nSPS) is 15.6. The minimum atomic E-state index is -0.596. The highest BCUT2D eigenvalue weighted by molar-refractivity contribution is 9.10. The fourth-order valence-electron chi connectivity index (χ4n) is 2.70. The molecule has 144 valence electrons. The van der Waals surface area contributed by atoms with E-state index in [1.807, 2.05) is 0 Å². The van der Waals surface area contributed by atoms with Gasteiger partial charge in [-0.3, -0.25) is 19.8 Å². The zero-order valence-electron chi connectivity index (χ0n) is 14.8. The number of amides is 2. The molecule has 1 aliphatic heterocycles. The number of ether oxygens (including phenoxy) is 2. The first-order valence-electron chi connectivity index (χ1n) is 7.94. The largest absolute Gasteiger partial charge is 0.493 e. The second-order valence-corrected chi connectivity index (χ2v) is 7.40. The summed E-state index contributed by atoms with van der Waals surface area (Å²) in [6, 6.07) is 9.99. The van der Waals surface area contributed by atoms with Gasteiger partial charge in [0.2, 0.25) is 0 Å². The van der Waals surface area contributed by atoms with Crippen molar-refractivity contribution in [1.29, 1.82) is 0 Å². The summed E-state index contributed by atoms with van der Waals surface area (Å²) in [5, 5.41) is 3.05. The Morgan fingerprint density at radius 1 is 1.14 bits per heavy atom. The predicted octanol–water partition coefficient (Wildman–Crippen LogP) is 3.95. The van der Waals surface area contributed by atoms with Crippen LogP contribution in [-0.2, 0) is 9.59 Å². The van der Waals surface area contributed by atoms with Crippen molar-refractivity contribution in [3.63, 3.8) is 0 Å². The molecular weight excluding hydrogens is 468 g/mol. The lowest BCUT2D eigenvalue weighted by molar-refractivity contribution is -0.122. The summed E-state index contributed by atoms with van der Waals surface area (Å²) in [4.78, 5) is 26.8. The molecule has 3 rings (SSSR count). The smallest absolute Gasteiger partial charge is 0.270 e. The van der Waals surface area contributed by atoms with Crippen LogP contribution in [0.4, 0.5) is 5.69 Å². The Balaban J connectivity index is 2.09. The Hall–Kier alpha value is -2.42. The molecule has 0 radical (unpaired) electrons. The number of methoxy groups -OCH3 is 2. The van der Waals surface area contributed by atoms with Crippen LogP contribution in [0.2, 0.25) is 5.02 Å². The number of hydrogen-bond acceptors (Lipinski definition) is 5. The monoisotopic (exact) mass is 480 g/mol. The number of carbonyl (C=O) groups excluding carboxylic acids is 2. The third-order valence-electron chi connectivity index (χ3n) is 3.96. The van der Waals surface area contributed by atoms with Gasteiger partial charge in [0.05, 0.1) is 19.9 Å². The molecule has 1 saturated heterocycles. The van der Waals surface area contributed by atoms with Crippen molar-refractivity contribution in [2.45, 2.75) is 0 Å². The minimum Gasteiger partial charge on any atom is -0.493 e. The second kappa shape index (κ2) is 8.30. The molecule has 1 heterocycles. The Morgan fingerprint density at radius 3 is 2.43 bits per heavy atom. The van der Waals surface area contributed by atoms with Gasteiger partial charge in [-0.2, -0.15) is 0 Å². The van der Waals surface area contributed by atoms with E-state index in [2.05, 4.69) is 21.2 Å². The maximum Gasteiger partial charge on any atom is 0.270 e. The number of thiocarbonyl (C=S) groups is 1. The molecule has 0 aliphatic carbocycles. The van der Waals surface area contributed by atoms with Crippen molar-refractivity contribution in [1.82, 2.24) is 5.32 Å². The van der Waals surface area contributed by atoms with Crippen molar-refractivity contribution in [3.05, 3.63) is 57.0 Å². The zero-order valence-corrected chi connectivity index (χ0v) is 17.9. The van der Waals surface area contributed by atoms with Crippen molar-refractivity contribution >= 4 is 68.4 Å². The van der Waals surface area contributed by atoms with Gasteiger partial charge in [-0.1, -0.05) is 27.5 Å². The molecule has 0 aromatic heterocycles. The van der Waals surface area contributed by atoms with Gasteiger partial charge in [-0.05, 0) is 54.7 Å². The summed E-state index contributed by atoms with van der Waals surface area (Å²) in [5.41, 5.74) is 0.891. The SMILES string of the molecule is COc1cc(Br)cc(C=C2C(=O)NC(=S)N(c3ccc(Cl)cc3)C2=O)c1OC. The molecule has 28 heavy (non-hydrogen) atoms. The van der Waals surface area contributed by atoms with Gasteiger partial charge in [0.15, 0.2) is 16.6 Å². The van der Waals surface area contributed by atoms with E-state index in [0.29, 0.717) is 32.2 Å². The number of hydrogen-bond donors (Lipinski definition) is 1. The van der Waals surface area contributed by atoms with Gasteiger partial charge in [-0.25, -0.2) is 0 Å². The number of rotatable bonds is 4. The molecule has 0 atom stereocenters. The number of halogens is 2. The van der Waals surface area contributed by atoms with Crippen LogP contribution in [0.3, 0.4) is 0 Å². The number of carbonyl (C=O) groups is 2. The van der Waals surface area contributed by atoms with Crippen molar-refractivity contribution in [2.24, 2.45) is 0 Å². The number of anilines is 1. The third kappa shape index (κ3) is 3.89. The molecule has 2 amide bonds.